The molecule has 74 valence electrons. The van der Waals surface area contributed by atoms with Crippen LogP contribution in [0.15, 0.2) is 23.1 Å². The molecule has 0 aromatic heterocycles. The fourth-order valence-corrected chi connectivity index (χ4v) is 1.81. The van der Waals surface area contributed by atoms with Gasteiger partial charge >= 0.3 is 0 Å². The van der Waals surface area contributed by atoms with Gasteiger partial charge in [0.1, 0.15) is 0 Å². The molecule has 0 aromatic carbocycles. The van der Waals surface area contributed by atoms with Gasteiger partial charge in [-0.3, -0.25) is 0 Å². The zero-order valence-electron chi connectivity index (χ0n) is 8.71. The molecular weight excluding hydrogens is 176 g/mol. The lowest BCUT2D eigenvalue weighted by molar-refractivity contribution is 0.497. The Kier molecular flexibility index (Phi) is 4.11. The minimum Gasteiger partial charge on any atom is -0.148 e. The highest BCUT2D eigenvalue weighted by Crippen LogP contribution is 2.29. The highest BCUT2D eigenvalue weighted by molar-refractivity contribution is 7.84. The molecule has 0 heterocycles. The molecule has 0 amide bonds. The minimum atomic E-state index is 0.531. The summed E-state index contributed by atoms with van der Waals surface area (Å²) in [6.45, 7) is 8.40. The topological polar surface area (TPSA) is 0 Å². The summed E-state index contributed by atoms with van der Waals surface area (Å²) in [4.78, 5) is 1.01. The van der Waals surface area contributed by atoms with E-state index in [1.54, 1.807) is 5.57 Å². The summed E-state index contributed by atoms with van der Waals surface area (Å²) in [5.41, 5.74) is 1.61. The van der Waals surface area contributed by atoms with Gasteiger partial charge in [-0.25, -0.2) is 0 Å². The number of thiol groups is 1. The molecular formula is C12H20S. The van der Waals surface area contributed by atoms with Crippen LogP contribution in [0.2, 0.25) is 0 Å². The van der Waals surface area contributed by atoms with E-state index >= 15 is 0 Å². The fraction of sp³-hybridized carbons (Fsp3) is 0.667. The van der Waals surface area contributed by atoms with Crippen LogP contribution in [0.4, 0.5) is 0 Å². The van der Waals surface area contributed by atoms with Gasteiger partial charge in [0.25, 0.3) is 0 Å². The molecule has 0 saturated carbocycles. The molecule has 0 spiro atoms. The fourth-order valence-electron chi connectivity index (χ4n) is 1.72. The smallest absolute Gasteiger partial charge is 0.0102 e. The normalized spacial score (nSPS) is 25.2. The van der Waals surface area contributed by atoms with Gasteiger partial charge in [0.15, 0.2) is 0 Å². The predicted molar refractivity (Wildman–Crippen MR) is 63.0 cm³/mol. The van der Waals surface area contributed by atoms with Crippen molar-refractivity contribution in [2.45, 2.75) is 39.5 Å². The van der Waals surface area contributed by atoms with Crippen LogP contribution in [0.5, 0.6) is 0 Å². The van der Waals surface area contributed by atoms with Crippen LogP contribution in [-0.2, 0) is 0 Å². The maximum absolute atomic E-state index is 4.29. The van der Waals surface area contributed by atoms with Gasteiger partial charge in [-0.15, -0.1) is 12.6 Å². The molecule has 0 fully saturated rings. The molecule has 0 saturated heterocycles. The molecule has 1 unspecified atom stereocenters. The van der Waals surface area contributed by atoms with Crippen molar-refractivity contribution < 1.29 is 0 Å². The lowest BCUT2D eigenvalue weighted by atomic mass is 9.87. The second-order valence-electron chi connectivity index (χ2n) is 4.34. The van der Waals surface area contributed by atoms with Crippen molar-refractivity contribution in [3.63, 3.8) is 0 Å². The van der Waals surface area contributed by atoms with Crippen LogP contribution < -0.4 is 0 Å². The highest BCUT2D eigenvalue weighted by atomic mass is 32.1. The lowest BCUT2D eigenvalue weighted by Crippen LogP contribution is -2.04. The van der Waals surface area contributed by atoms with Crippen molar-refractivity contribution in [1.29, 1.82) is 0 Å². The maximum atomic E-state index is 4.29. The summed E-state index contributed by atoms with van der Waals surface area (Å²) in [6.07, 6.45) is 7.49. The maximum Gasteiger partial charge on any atom is -0.0102 e. The van der Waals surface area contributed by atoms with E-state index in [-0.39, 0.29) is 0 Å². The lowest BCUT2D eigenvalue weighted by Gasteiger charge is -2.20. The number of hydrogen-bond donors (Lipinski definition) is 1. The van der Waals surface area contributed by atoms with Crippen LogP contribution >= 0.6 is 12.6 Å². The van der Waals surface area contributed by atoms with Crippen molar-refractivity contribution >= 4 is 12.6 Å². The van der Waals surface area contributed by atoms with Crippen LogP contribution in [0.25, 0.3) is 0 Å². The zero-order chi connectivity index (χ0) is 9.84. The Morgan fingerprint density at radius 2 is 2.46 bits per heavy atom. The number of rotatable bonds is 3. The molecule has 2 atom stereocenters. The standard InChI is InChI=1S/C12H20S/c1-9-4-6-12(7-5-9)8-10(2)11(3)13/h6,9-10,13H,3-5,7-8H2,1-2H3/t9?,10-/m0/s1. The third-order valence-electron chi connectivity index (χ3n) is 2.90. The first kappa shape index (κ1) is 10.9. The van der Waals surface area contributed by atoms with Gasteiger partial charge in [-0.05, 0) is 42.4 Å². The van der Waals surface area contributed by atoms with Crippen molar-refractivity contribution in [2.75, 3.05) is 0 Å². The van der Waals surface area contributed by atoms with E-state index in [9.17, 15) is 0 Å². The van der Waals surface area contributed by atoms with Gasteiger partial charge in [0.05, 0.1) is 0 Å². The zero-order valence-corrected chi connectivity index (χ0v) is 9.61. The van der Waals surface area contributed by atoms with E-state index in [2.05, 4.69) is 39.1 Å². The van der Waals surface area contributed by atoms with Gasteiger partial charge in [0, 0.05) is 0 Å². The molecule has 1 aliphatic rings. The molecule has 0 aliphatic heterocycles. The first-order chi connectivity index (χ1) is 6.09. The van der Waals surface area contributed by atoms with E-state index in [0.29, 0.717) is 5.92 Å². The molecule has 13 heavy (non-hydrogen) atoms. The molecule has 0 radical (unpaired) electrons. The van der Waals surface area contributed by atoms with Gasteiger partial charge < -0.3 is 0 Å². The van der Waals surface area contributed by atoms with Crippen LogP contribution in [0, 0.1) is 11.8 Å². The Morgan fingerprint density at radius 3 is 2.92 bits per heavy atom. The molecule has 0 nitrogen and oxygen atoms in total. The van der Waals surface area contributed by atoms with Gasteiger partial charge in [-0.1, -0.05) is 32.1 Å². The van der Waals surface area contributed by atoms with E-state index in [4.69, 9.17) is 0 Å². The van der Waals surface area contributed by atoms with E-state index in [1.165, 1.54) is 19.3 Å². The third kappa shape index (κ3) is 3.60. The molecule has 0 bridgehead atoms. The van der Waals surface area contributed by atoms with Crippen molar-refractivity contribution in [1.82, 2.24) is 0 Å². The van der Waals surface area contributed by atoms with Crippen LogP contribution in [0.1, 0.15) is 39.5 Å². The second-order valence-corrected chi connectivity index (χ2v) is 4.91. The molecule has 0 N–H and O–H groups in total. The van der Waals surface area contributed by atoms with E-state index < -0.39 is 0 Å². The SMILES string of the molecule is C=C(S)[C@@H](C)CC1=CCC(C)CC1. The Bertz CT molecular complexity index is 215. The first-order valence-electron chi connectivity index (χ1n) is 5.15. The average Bonchev–Trinajstić information content (AvgIpc) is 2.08. The van der Waals surface area contributed by atoms with Crippen molar-refractivity contribution in [3.8, 4) is 0 Å². The molecule has 0 aromatic rings. The van der Waals surface area contributed by atoms with E-state index in [0.717, 1.165) is 17.2 Å². The van der Waals surface area contributed by atoms with Gasteiger partial charge in [-0.2, -0.15) is 0 Å². The summed E-state index contributed by atoms with van der Waals surface area (Å²) in [5.74, 6) is 1.42. The Labute approximate surface area is 87.5 Å². The van der Waals surface area contributed by atoms with Crippen LogP contribution in [-0.4, -0.2) is 0 Å². The Hall–Kier alpha value is -0.170. The highest BCUT2D eigenvalue weighted by Gasteiger charge is 2.12. The second kappa shape index (κ2) is 4.90. The van der Waals surface area contributed by atoms with Crippen molar-refractivity contribution in [2.24, 2.45) is 11.8 Å². The third-order valence-corrected chi connectivity index (χ3v) is 3.35. The average molecular weight is 196 g/mol. The van der Waals surface area contributed by atoms with Gasteiger partial charge in [0.2, 0.25) is 0 Å². The summed E-state index contributed by atoms with van der Waals surface area (Å²) < 4.78 is 0. The summed E-state index contributed by atoms with van der Waals surface area (Å²) in [5, 5.41) is 0. The first-order valence-corrected chi connectivity index (χ1v) is 5.60. The molecule has 1 rings (SSSR count). The summed E-state index contributed by atoms with van der Waals surface area (Å²) >= 11 is 4.29. The Morgan fingerprint density at radius 1 is 1.77 bits per heavy atom. The molecule has 1 heteroatoms. The van der Waals surface area contributed by atoms with E-state index in [1.807, 2.05) is 0 Å². The monoisotopic (exact) mass is 196 g/mol. The minimum absolute atomic E-state index is 0.531. The van der Waals surface area contributed by atoms with Crippen LogP contribution in [0.3, 0.4) is 0 Å². The predicted octanol–water partition coefficient (Wildman–Crippen LogP) is 4.20. The number of hydrogen-bond acceptors (Lipinski definition) is 1. The largest absolute Gasteiger partial charge is 0.148 e. The summed E-state index contributed by atoms with van der Waals surface area (Å²) in [6, 6.07) is 0. The quantitative estimate of drug-likeness (QED) is 0.507. The Balaban J connectivity index is 2.41. The van der Waals surface area contributed by atoms with Crippen molar-refractivity contribution in [3.05, 3.63) is 23.1 Å². The summed E-state index contributed by atoms with van der Waals surface area (Å²) in [7, 11) is 0. The molecule has 1 aliphatic carbocycles. The number of allylic oxidation sites excluding steroid dienone is 3.